The molecule has 0 radical (unpaired) electrons. The van der Waals surface area contributed by atoms with Crippen LogP contribution in [0.3, 0.4) is 0 Å². The number of hydrogen-bond donors (Lipinski definition) is 2. The van der Waals surface area contributed by atoms with Crippen molar-refractivity contribution in [2.45, 2.75) is 23.3 Å². The number of amides is 2. The molecule has 2 amide bonds. The number of thiazole rings is 1. The van der Waals surface area contributed by atoms with Crippen LogP contribution < -0.4 is 10.6 Å². The highest BCUT2D eigenvalue weighted by Gasteiger charge is 2.09. The zero-order valence-corrected chi connectivity index (χ0v) is 14.6. The van der Waals surface area contributed by atoms with Crippen LogP contribution in [0.2, 0.25) is 0 Å². The number of carbonyl (C=O) groups is 1. The Morgan fingerprint density at radius 3 is 2.79 bits per heavy atom. The molecule has 1 aromatic carbocycles. The average Bonchev–Trinajstić information content (AvgIpc) is 3.22. The predicted octanol–water partition coefficient (Wildman–Crippen LogP) is 4.63. The van der Waals surface area contributed by atoms with Gasteiger partial charge in [0.1, 0.15) is 5.76 Å². The molecule has 0 fully saturated rings. The number of thioether (sulfide) groups is 1. The van der Waals surface area contributed by atoms with Crippen LogP contribution in [0.5, 0.6) is 0 Å². The number of rotatable bonds is 6. The molecule has 0 aliphatic carbocycles. The fraction of sp³-hybridized carbons (Fsp3) is 0.188. The van der Waals surface area contributed by atoms with Gasteiger partial charge in [-0.05, 0) is 12.1 Å². The summed E-state index contributed by atoms with van der Waals surface area (Å²) >= 11 is 2.99. The molecule has 0 aliphatic heterocycles. The Labute approximate surface area is 147 Å². The van der Waals surface area contributed by atoms with Gasteiger partial charge in [-0.25, -0.2) is 14.8 Å². The summed E-state index contributed by atoms with van der Waals surface area (Å²) in [7, 11) is 0. The monoisotopic (exact) mass is 360 g/mol. The number of carbonyl (C=O) groups excluding carboxylic acids is 1. The molecule has 2 heterocycles. The number of aromatic nitrogens is 2. The van der Waals surface area contributed by atoms with Gasteiger partial charge in [0.2, 0.25) is 5.89 Å². The summed E-state index contributed by atoms with van der Waals surface area (Å²) in [5, 5.41) is 6.03. The Morgan fingerprint density at radius 1 is 1.21 bits per heavy atom. The maximum atomic E-state index is 11.9. The second-order valence-electron chi connectivity index (χ2n) is 4.79. The number of aryl methyl sites for hydroxylation is 1. The van der Waals surface area contributed by atoms with Crippen molar-refractivity contribution in [3.8, 4) is 0 Å². The van der Waals surface area contributed by atoms with Gasteiger partial charge in [0, 0.05) is 12.1 Å². The van der Waals surface area contributed by atoms with E-state index in [1.54, 1.807) is 24.2 Å². The van der Waals surface area contributed by atoms with Crippen molar-refractivity contribution in [1.29, 1.82) is 0 Å². The van der Waals surface area contributed by atoms with Gasteiger partial charge in [0.05, 0.1) is 22.4 Å². The van der Waals surface area contributed by atoms with E-state index in [0.717, 1.165) is 22.1 Å². The zero-order chi connectivity index (χ0) is 16.8. The van der Waals surface area contributed by atoms with Crippen LogP contribution in [0.15, 0.2) is 51.4 Å². The van der Waals surface area contributed by atoms with Crippen molar-refractivity contribution in [2.24, 2.45) is 0 Å². The normalized spacial score (nSPS) is 10.5. The minimum absolute atomic E-state index is 0.313. The lowest BCUT2D eigenvalue weighted by molar-refractivity contribution is 0.262. The molecule has 8 heteroatoms. The molecule has 2 aromatic heterocycles. The Bertz CT molecular complexity index is 801. The molecule has 0 spiro atoms. The minimum Gasteiger partial charge on any atom is -0.445 e. The average molecular weight is 360 g/mol. The van der Waals surface area contributed by atoms with E-state index < -0.39 is 0 Å². The van der Waals surface area contributed by atoms with Crippen LogP contribution in [0, 0.1) is 0 Å². The van der Waals surface area contributed by atoms with Crippen molar-refractivity contribution in [3.63, 3.8) is 0 Å². The van der Waals surface area contributed by atoms with Crippen molar-refractivity contribution in [1.82, 2.24) is 9.97 Å². The number of anilines is 2. The largest absolute Gasteiger partial charge is 0.445 e. The van der Waals surface area contributed by atoms with Gasteiger partial charge in [-0.1, -0.05) is 36.5 Å². The number of urea groups is 1. The highest BCUT2D eigenvalue weighted by atomic mass is 32.2. The van der Waals surface area contributed by atoms with Crippen LogP contribution in [0.25, 0.3) is 0 Å². The van der Waals surface area contributed by atoms with E-state index in [1.165, 1.54) is 11.3 Å². The first kappa shape index (κ1) is 16.5. The molecule has 0 saturated carbocycles. The number of nitrogens with one attached hydrogen (secondary N) is 2. The number of hydrogen-bond acceptors (Lipinski definition) is 6. The molecule has 6 nitrogen and oxygen atoms in total. The maximum Gasteiger partial charge on any atom is 0.325 e. The van der Waals surface area contributed by atoms with Gasteiger partial charge in [-0.2, -0.15) is 0 Å². The molecule has 3 aromatic rings. The zero-order valence-electron chi connectivity index (χ0n) is 13.0. The fourth-order valence-corrected chi connectivity index (χ4v) is 3.60. The summed E-state index contributed by atoms with van der Waals surface area (Å²) < 4.78 is 6.55. The van der Waals surface area contributed by atoms with E-state index in [0.29, 0.717) is 16.8 Å². The van der Waals surface area contributed by atoms with E-state index in [1.807, 2.05) is 37.3 Å². The van der Waals surface area contributed by atoms with Crippen LogP contribution in [-0.2, 0) is 12.2 Å². The van der Waals surface area contributed by atoms with E-state index in [-0.39, 0.29) is 6.03 Å². The Hall–Kier alpha value is -2.32. The van der Waals surface area contributed by atoms with E-state index in [4.69, 9.17) is 4.42 Å². The van der Waals surface area contributed by atoms with Gasteiger partial charge in [-0.15, -0.1) is 11.8 Å². The number of nitrogens with zero attached hydrogens (tertiary/aromatic N) is 2. The van der Waals surface area contributed by atoms with Gasteiger partial charge in [0.25, 0.3) is 0 Å². The van der Waals surface area contributed by atoms with Gasteiger partial charge < -0.3 is 9.73 Å². The summed E-state index contributed by atoms with van der Waals surface area (Å²) in [4.78, 5) is 20.3. The number of para-hydroxylation sites is 1. The van der Waals surface area contributed by atoms with E-state index in [9.17, 15) is 4.79 Å². The minimum atomic E-state index is -0.313. The second kappa shape index (κ2) is 7.98. The molecule has 3 rings (SSSR count). The first-order valence-electron chi connectivity index (χ1n) is 7.38. The third-order valence-electron chi connectivity index (χ3n) is 3.02. The molecule has 0 aliphatic rings. The van der Waals surface area contributed by atoms with Crippen LogP contribution in [-0.4, -0.2) is 16.0 Å². The molecule has 2 N–H and O–H groups in total. The third-order valence-corrected chi connectivity index (χ3v) is 5.12. The summed E-state index contributed by atoms with van der Waals surface area (Å²) in [6.07, 6.45) is 4.32. The predicted molar refractivity (Wildman–Crippen MR) is 96.6 cm³/mol. The summed E-state index contributed by atoms with van der Waals surface area (Å²) in [5.41, 5.74) is 0.733. The molecule has 0 bridgehead atoms. The first-order chi connectivity index (χ1) is 11.7. The van der Waals surface area contributed by atoms with Crippen molar-refractivity contribution < 1.29 is 9.21 Å². The van der Waals surface area contributed by atoms with Gasteiger partial charge in [0.15, 0.2) is 5.13 Å². The Balaban J connectivity index is 1.50. The highest BCUT2D eigenvalue weighted by molar-refractivity contribution is 8.00. The van der Waals surface area contributed by atoms with Crippen LogP contribution in [0.1, 0.15) is 18.6 Å². The number of benzene rings is 1. The van der Waals surface area contributed by atoms with E-state index in [2.05, 4.69) is 20.6 Å². The lowest BCUT2D eigenvalue weighted by atomic mass is 10.3. The van der Waals surface area contributed by atoms with Crippen molar-refractivity contribution in [2.75, 3.05) is 10.6 Å². The molecule has 0 atom stereocenters. The quantitative estimate of drug-likeness (QED) is 0.627. The summed E-state index contributed by atoms with van der Waals surface area (Å²) in [6, 6.07) is 8.95. The Morgan fingerprint density at radius 2 is 2.04 bits per heavy atom. The molecular weight excluding hydrogens is 344 g/mol. The molecular formula is C16H16N4O2S2. The summed E-state index contributed by atoms with van der Waals surface area (Å²) in [6.45, 7) is 2.03. The van der Waals surface area contributed by atoms with Crippen molar-refractivity contribution in [3.05, 3.63) is 54.4 Å². The topological polar surface area (TPSA) is 80.0 Å². The lowest BCUT2D eigenvalue weighted by Crippen LogP contribution is -2.19. The SMILES string of the molecule is CCc1cnc(CSc2cnc(NC(=O)Nc3ccccc3)s2)o1. The fourth-order valence-electron chi connectivity index (χ4n) is 1.88. The standard InChI is InChI=1S/C16H16N4O2S2/c1-2-12-8-17-13(22-12)10-23-14-9-18-16(24-14)20-15(21)19-11-6-4-3-5-7-11/h3-9H,2,10H2,1H3,(H2,18,19,20,21). The maximum absolute atomic E-state index is 11.9. The molecule has 0 saturated heterocycles. The molecule has 24 heavy (non-hydrogen) atoms. The Kier molecular flexibility index (Phi) is 5.50. The first-order valence-corrected chi connectivity index (χ1v) is 9.18. The van der Waals surface area contributed by atoms with Gasteiger partial charge in [-0.3, -0.25) is 5.32 Å². The third kappa shape index (κ3) is 4.59. The van der Waals surface area contributed by atoms with Gasteiger partial charge >= 0.3 is 6.03 Å². The lowest BCUT2D eigenvalue weighted by Gasteiger charge is -2.04. The highest BCUT2D eigenvalue weighted by Crippen LogP contribution is 2.30. The number of oxazole rings is 1. The van der Waals surface area contributed by atoms with E-state index >= 15 is 0 Å². The molecule has 0 unspecified atom stereocenters. The van der Waals surface area contributed by atoms with Crippen LogP contribution >= 0.6 is 23.1 Å². The molecule has 124 valence electrons. The second-order valence-corrected chi connectivity index (χ2v) is 7.10. The summed E-state index contributed by atoms with van der Waals surface area (Å²) in [5.74, 6) is 2.22. The smallest absolute Gasteiger partial charge is 0.325 e. The van der Waals surface area contributed by atoms with Crippen molar-refractivity contribution >= 4 is 39.9 Å². The van der Waals surface area contributed by atoms with Crippen LogP contribution in [0.4, 0.5) is 15.6 Å².